The van der Waals surface area contributed by atoms with Gasteiger partial charge in [0.2, 0.25) is 0 Å². The number of rotatable bonds is 3. The summed E-state index contributed by atoms with van der Waals surface area (Å²) in [5.41, 5.74) is 0.0335. The molecule has 8 bridgehead atoms. The molecule has 0 radical (unpaired) electrons. The van der Waals surface area contributed by atoms with Gasteiger partial charge in [0.15, 0.2) is 0 Å². The molecule has 0 aliphatic heterocycles. The van der Waals surface area contributed by atoms with E-state index in [1.54, 1.807) is 14.2 Å². The third-order valence-electron chi connectivity index (χ3n) is 10.5. The van der Waals surface area contributed by atoms with Crippen molar-refractivity contribution < 1.29 is 19.1 Å². The van der Waals surface area contributed by atoms with Crippen LogP contribution in [0.15, 0.2) is 0 Å². The van der Waals surface area contributed by atoms with Crippen molar-refractivity contribution in [3.8, 4) is 0 Å². The molecule has 0 aromatic rings. The first-order chi connectivity index (χ1) is 13.4. The maximum Gasteiger partial charge on any atom is 0.311 e. The minimum absolute atomic E-state index is 0.0541. The first kappa shape index (κ1) is 17.8. The van der Waals surface area contributed by atoms with Gasteiger partial charge in [0.25, 0.3) is 0 Å². The highest BCUT2D eigenvalue weighted by molar-refractivity contribution is 5.78. The van der Waals surface area contributed by atoms with E-state index in [0.29, 0.717) is 23.7 Å². The van der Waals surface area contributed by atoms with E-state index in [4.69, 9.17) is 9.47 Å². The summed E-state index contributed by atoms with van der Waals surface area (Å²) in [6, 6.07) is 0. The van der Waals surface area contributed by atoms with Crippen molar-refractivity contribution in [2.75, 3.05) is 14.2 Å². The summed E-state index contributed by atoms with van der Waals surface area (Å²) >= 11 is 0. The Kier molecular flexibility index (Phi) is 3.39. The van der Waals surface area contributed by atoms with Gasteiger partial charge in [0.1, 0.15) is 0 Å². The Bertz CT molecular complexity index is 649. The first-order valence-corrected chi connectivity index (χ1v) is 11.5. The number of esters is 2. The van der Waals surface area contributed by atoms with Crippen LogP contribution in [-0.2, 0) is 19.1 Å². The molecule has 154 valence electrons. The second-order valence-electron chi connectivity index (χ2n) is 12.0. The summed E-state index contributed by atoms with van der Waals surface area (Å²) in [7, 11) is 3.15. The Hall–Kier alpha value is -1.06. The zero-order valence-corrected chi connectivity index (χ0v) is 17.4. The van der Waals surface area contributed by atoms with Gasteiger partial charge in [-0.3, -0.25) is 9.59 Å². The van der Waals surface area contributed by atoms with Gasteiger partial charge in [0.05, 0.1) is 25.0 Å². The second kappa shape index (κ2) is 5.35. The lowest BCUT2D eigenvalue weighted by molar-refractivity contribution is -0.243. The van der Waals surface area contributed by atoms with Gasteiger partial charge >= 0.3 is 11.9 Å². The van der Waals surface area contributed by atoms with Crippen molar-refractivity contribution in [2.45, 2.75) is 77.0 Å². The number of carbonyl (C=O) groups is 2. The molecule has 0 saturated heterocycles. The molecule has 28 heavy (non-hydrogen) atoms. The molecule has 8 rings (SSSR count). The van der Waals surface area contributed by atoms with E-state index in [0.717, 1.165) is 38.5 Å². The Balaban J connectivity index is 1.44. The van der Waals surface area contributed by atoms with Crippen molar-refractivity contribution in [3.63, 3.8) is 0 Å². The van der Waals surface area contributed by atoms with Crippen LogP contribution in [0, 0.1) is 45.3 Å². The molecule has 4 heteroatoms. The predicted octanol–water partition coefficient (Wildman–Crippen LogP) is 4.51. The van der Waals surface area contributed by atoms with E-state index in [1.807, 2.05) is 0 Å². The van der Waals surface area contributed by atoms with Gasteiger partial charge in [-0.2, -0.15) is 0 Å². The van der Waals surface area contributed by atoms with E-state index in [1.165, 1.54) is 38.5 Å². The summed E-state index contributed by atoms with van der Waals surface area (Å²) < 4.78 is 10.7. The Morgan fingerprint density at radius 1 is 0.607 bits per heavy atom. The minimum atomic E-state index is -0.236. The maximum absolute atomic E-state index is 13.0. The summed E-state index contributed by atoms with van der Waals surface area (Å²) in [6.45, 7) is 0. The van der Waals surface area contributed by atoms with Gasteiger partial charge in [-0.25, -0.2) is 0 Å². The quantitative estimate of drug-likeness (QED) is 0.670. The van der Waals surface area contributed by atoms with Crippen LogP contribution in [-0.4, -0.2) is 26.2 Å². The molecular weight excluding hydrogens is 352 g/mol. The number of hydrogen-bond donors (Lipinski definition) is 0. The van der Waals surface area contributed by atoms with Gasteiger partial charge in [-0.15, -0.1) is 0 Å². The average Bonchev–Trinajstić information content (AvgIpc) is 2.64. The zero-order chi connectivity index (χ0) is 19.4. The fourth-order valence-electron chi connectivity index (χ4n) is 10.7. The molecule has 0 spiro atoms. The molecule has 8 fully saturated rings. The van der Waals surface area contributed by atoms with E-state index >= 15 is 0 Å². The van der Waals surface area contributed by atoms with Crippen LogP contribution >= 0.6 is 0 Å². The van der Waals surface area contributed by atoms with Crippen LogP contribution in [0.2, 0.25) is 0 Å². The largest absolute Gasteiger partial charge is 0.469 e. The van der Waals surface area contributed by atoms with E-state index < -0.39 is 0 Å². The third-order valence-corrected chi connectivity index (χ3v) is 10.5. The molecule has 0 aromatic heterocycles. The fourth-order valence-corrected chi connectivity index (χ4v) is 10.7. The van der Waals surface area contributed by atoms with Crippen molar-refractivity contribution in [1.29, 1.82) is 0 Å². The van der Waals surface area contributed by atoms with E-state index in [-0.39, 0.29) is 33.6 Å². The second-order valence-corrected chi connectivity index (χ2v) is 12.0. The molecule has 0 N–H and O–H groups in total. The lowest BCUT2D eigenvalue weighted by atomic mass is 9.31. The monoisotopic (exact) mass is 386 g/mol. The topological polar surface area (TPSA) is 52.6 Å². The molecule has 8 aliphatic rings. The molecule has 0 amide bonds. The van der Waals surface area contributed by atoms with Crippen LogP contribution in [0.1, 0.15) is 77.0 Å². The smallest absolute Gasteiger partial charge is 0.311 e. The summed E-state index contributed by atoms with van der Waals surface area (Å²) in [4.78, 5) is 25.9. The number of ether oxygens (including phenoxy) is 2. The summed E-state index contributed by atoms with van der Waals surface area (Å²) in [6.07, 6.45) is 14.0. The molecular formula is C24H34O4. The van der Waals surface area contributed by atoms with Crippen LogP contribution < -0.4 is 0 Å². The standard InChI is InChI=1S/C24H34O4/c1-27-19(25)21-5-15-3-16(6-21)10-23(9-15,13-21)24-11-17-4-18(12-24)8-22(7-17,14-24)20(26)28-2/h15-18H,3-14H2,1-2H3. The molecule has 4 unspecified atom stereocenters. The van der Waals surface area contributed by atoms with E-state index in [9.17, 15) is 9.59 Å². The molecule has 4 atom stereocenters. The van der Waals surface area contributed by atoms with Crippen LogP contribution in [0.3, 0.4) is 0 Å². The van der Waals surface area contributed by atoms with Crippen molar-refractivity contribution in [3.05, 3.63) is 0 Å². The number of carbonyl (C=O) groups excluding carboxylic acids is 2. The molecule has 0 heterocycles. The van der Waals surface area contributed by atoms with Gasteiger partial charge in [-0.1, -0.05) is 0 Å². The van der Waals surface area contributed by atoms with Crippen LogP contribution in [0.5, 0.6) is 0 Å². The van der Waals surface area contributed by atoms with Gasteiger partial charge in [0, 0.05) is 0 Å². The molecule has 8 saturated carbocycles. The molecule has 4 nitrogen and oxygen atoms in total. The predicted molar refractivity (Wildman–Crippen MR) is 103 cm³/mol. The van der Waals surface area contributed by atoms with Gasteiger partial charge in [-0.05, 0) is 112 Å². The van der Waals surface area contributed by atoms with E-state index in [2.05, 4.69) is 0 Å². The molecule has 8 aliphatic carbocycles. The number of methoxy groups -OCH3 is 2. The zero-order valence-electron chi connectivity index (χ0n) is 17.4. The third kappa shape index (κ3) is 2.03. The Labute approximate surface area is 168 Å². The highest BCUT2D eigenvalue weighted by Crippen LogP contribution is 2.78. The Morgan fingerprint density at radius 2 is 0.929 bits per heavy atom. The molecule has 0 aromatic carbocycles. The van der Waals surface area contributed by atoms with Crippen molar-refractivity contribution in [2.24, 2.45) is 45.3 Å². The summed E-state index contributed by atoms with van der Waals surface area (Å²) in [5, 5.41) is 0. The lowest BCUT2D eigenvalue weighted by Crippen LogP contribution is -2.66. The maximum atomic E-state index is 13.0. The normalized spacial score (nSPS) is 55.4. The van der Waals surface area contributed by atoms with Crippen LogP contribution in [0.25, 0.3) is 0 Å². The van der Waals surface area contributed by atoms with Crippen molar-refractivity contribution in [1.82, 2.24) is 0 Å². The highest BCUT2D eigenvalue weighted by atomic mass is 16.5. The summed E-state index contributed by atoms with van der Waals surface area (Å²) in [5.74, 6) is 2.84. The minimum Gasteiger partial charge on any atom is -0.469 e. The lowest BCUT2D eigenvalue weighted by Gasteiger charge is -2.73. The van der Waals surface area contributed by atoms with Crippen molar-refractivity contribution >= 4 is 11.9 Å². The first-order valence-electron chi connectivity index (χ1n) is 11.5. The average molecular weight is 387 g/mol. The highest BCUT2D eigenvalue weighted by Gasteiger charge is 2.72. The fraction of sp³-hybridized carbons (Fsp3) is 0.917. The SMILES string of the molecule is COC(=O)C12CC3CC(C1)CC(C14CC5CC(CC(C(=O)OC)(C5)C1)C4)(C3)C2. The number of hydrogen-bond acceptors (Lipinski definition) is 4. The Morgan fingerprint density at radius 3 is 1.21 bits per heavy atom. The van der Waals surface area contributed by atoms with Crippen LogP contribution in [0.4, 0.5) is 0 Å². The van der Waals surface area contributed by atoms with Gasteiger partial charge < -0.3 is 9.47 Å².